The van der Waals surface area contributed by atoms with Crippen molar-refractivity contribution in [2.45, 2.75) is 19.3 Å². The van der Waals surface area contributed by atoms with Gasteiger partial charge in [0.05, 0.1) is 22.4 Å². The minimum atomic E-state index is -5.30. The molecule has 1 N–H and O–H groups in total. The molecule has 0 radical (unpaired) electrons. The summed E-state index contributed by atoms with van der Waals surface area (Å²) in [6, 6.07) is 3.78. The summed E-state index contributed by atoms with van der Waals surface area (Å²) in [6.45, 7) is 0.689. The molecule has 0 spiro atoms. The molecule has 26 heavy (non-hydrogen) atoms. The van der Waals surface area contributed by atoms with Crippen LogP contribution in [0.3, 0.4) is 0 Å². The fourth-order valence-electron chi connectivity index (χ4n) is 1.93. The molecule has 11 heteroatoms. The lowest BCUT2D eigenvalue weighted by molar-refractivity contribution is -0.143. The van der Waals surface area contributed by atoms with E-state index in [9.17, 15) is 31.1 Å². The van der Waals surface area contributed by atoms with Crippen LogP contribution in [-0.4, -0.2) is 5.78 Å². The number of carbonyl (C=O) groups excluding carboxylic acids is 1. The molecule has 0 aliphatic carbocycles. The van der Waals surface area contributed by atoms with Crippen LogP contribution in [0.1, 0.15) is 28.4 Å². The van der Waals surface area contributed by atoms with Crippen molar-refractivity contribution in [1.29, 1.82) is 15.8 Å². The lowest BCUT2D eigenvalue weighted by Crippen LogP contribution is -2.18. The number of benzene rings is 1. The summed E-state index contributed by atoms with van der Waals surface area (Å²) in [4.78, 5) is 11.6. The van der Waals surface area contributed by atoms with Gasteiger partial charge in [0.2, 0.25) is 0 Å². The molecule has 0 unspecified atom stereocenters. The number of halogens is 6. The van der Waals surface area contributed by atoms with Crippen molar-refractivity contribution in [2.75, 3.05) is 5.32 Å². The minimum Gasteiger partial charge on any atom is -0.345 e. The van der Waals surface area contributed by atoms with E-state index in [1.54, 1.807) is 0 Å². The number of allylic oxidation sites excluding steroid dienone is 2. The highest BCUT2D eigenvalue weighted by molar-refractivity contribution is 6.02. The lowest BCUT2D eigenvalue weighted by atomic mass is 9.97. The Morgan fingerprint density at radius 3 is 1.85 bits per heavy atom. The van der Waals surface area contributed by atoms with E-state index >= 15 is 0 Å². The quantitative estimate of drug-likeness (QED) is 0.488. The first-order chi connectivity index (χ1) is 11.9. The van der Waals surface area contributed by atoms with Crippen molar-refractivity contribution in [1.82, 2.24) is 0 Å². The summed E-state index contributed by atoms with van der Waals surface area (Å²) < 4.78 is 78.2. The van der Waals surface area contributed by atoms with Gasteiger partial charge >= 0.3 is 12.4 Å². The number of anilines is 1. The topological polar surface area (TPSA) is 100 Å². The second kappa shape index (κ2) is 7.16. The SMILES string of the molecule is CC(=O)c1c(NC(C#N)=C(C#N)C#N)cc(C(F)(F)F)cc1C(F)(F)F. The Bertz CT molecular complexity index is 891. The van der Waals surface area contributed by atoms with Crippen LogP contribution < -0.4 is 5.32 Å². The molecule has 0 saturated carbocycles. The zero-order valence-corrected chi connectivity index (χ0v) is 12.7. The summed E-state index contributed by atoms with van der Waals surface area (Å²) in [5.41, 5.74) is -7.54. The highest BCUT2D eigenvalue weighted by Crippen LogP contribution is 2.41. The van der Waals surface area contributed by atoms with Crippen LogP contribution in [-0.2, 0) is 12.4 Å². The summed E-state index contributed by atoms with van der Waals surface area (Å²) in [7, 11) is 0. The molecule has 5 nitrogen and oxygen atoms in total. The summed E-state index contributed by atoms with van der Waals surface area (Å²) >= 11 is 0. The monoisotopic (exact) mass is 372 g/mol. The normalized spacial score (nSPS) is 10.9. The second-order valence-electron chi connectivity index (χ2n) is 4.71. The average Bonchev–Trinajstić information content (AvgIpc) is 2.52. The highest BCUT2D eigenvalue weighted by atomic mass is 19.4. The van der Waals surface area contributed by atoms with Crippen LogP contribution in [0.15, 0.2) is 23.4 Å². The third-order valence-corrected chi connectivity index (χ3v) is 2.97. The Kier molecular flexibility index (Phi) is 5.65. The van der Waals surface area contributed by atoms with E-state index in [4.69, 9.17) is 15.8 Å². The maximum Gasteiger partial charge on any atom is 0.417 e. The van der Waals surface area contributed by atoms with Gasteiger partial charge in [-0.1, -0.05) is 0 Å². The maximum atomic E-state index is 13.1. The lowest BCUT2D eigenvalue weighted by Gasteiger charge is -2.19. The predicted octanol–water partition coefficient (Wildman–Crippen LogP) is 4.16. The third-order valence-electron chi connectivity index (χ3n) is 2.97. The summed E-state index contributed by atoms with van der Waals surface area (Å²) in [6.07, 6.45) is -10.5. The fraction of sp³-hybridized carbons (Fsp3) is 0.200. The van der Waals surface area contributed by atoms with Gasteiger partial charge in [-0.2, -0.15) is 42.1 Å². The molecule has 0 amide bonds. The van der Waals surface area contributed by atoms with Crippen LogP contribution in [0.4, 0.5) is 32.0 Å². The number of alkyl halides is 6. The molecule has 1 aromatic carbocycles. The summed E-state index contributed by atoms with van der Waals surface area (Å²) in [5, 5.41) is 28.2. The van der Waals surface area contributed by atoms with Gasteiger partial charge < -0.3 is 5.32 Å². The number of rotatable bonds is 3. The van der Waals surface area contributed by atoms with Crippen molar-refractivity contribution in [3.63, 3.8) is 0 Å². The first-order valence-corrected chi connectivity index (χ1v) is 6.41. The third kappa shape index (κ3) is 4.31. The molecule has 134 valence electrons. The van der Waals surface area contributed by atoms with Crippen molar-refractivity contribution in [3.05, 3.63) is 40.1 Å². The molecule has 0 bridgehead atoms. The molecule has 1 rings (SSSR count). The number of hydrogen-bond acceptors (Lipinski definition) is 5. The molecule has 0 aliphatic heterocycles. The standard InChI is InChI=1S/C15H6F6N4O/c1-7(26)13-10(15(19,20)21)2-9(14(16,17)18)3-11(13)25-12(6-24)8(4-22)5-23/h2-3,25H,1H3. The van der Waals surface area contributed by atoms with E-state index in [-0.39, 0.29) is 12.1 Å². The molecular weight excluding hydrogens is 366 g/mol. The van der Waals surface area contributed by atoms with Gasteiger partial charge in [-0.25, -0.2) is 0 Å². The first kappa shape index (κ1) is 20.5. The van der Waals surface area contributed by atoms with E-state index in [1.807, 2.05) is 5.32 Å². The van der Waals surface area contributed by atoms with Gasteiger partial charge in [-0.15, -0.1) is 0 Å². The molecule has 1 aromatic rings. The average molecular weight is 372 g/mol. The van der Waals surface area contributed by atoms with Crippen LogP contribution in [0.2, 0.25) is 0 Å². The van der Waals surface area contributed by atoms with Crippen LogP contribution in [0, 0.1) is 34.0 Å². The molecular formula is C15H6F6N4O. The number of carbonyl (C=O) groups is 1. The number of Topliss-reactive ketones (excluding diaryl/α,β-unsaturated/α-hetero) is 1. The Morgan fingerprint density at radius 2 is 1.50 bits per heavy atom. The Labute approximate surface area is 142 Å². The fourth-order valence-corrected chi connectivity index (χ4v) is 1.93. The van der Waals surface area contributed by atoms with E-state index in [2.05, 4.69) is 0 Å². The number of nitrogens with zero attached hydrogens (tertiary/aromatic N) is 3. The number of nitrogens with one attached hydrogen (secondary N) is 1. The van der Waals surface area contributed by atoms with E-state index in [0.29, 0.717) is 6.92 Å². The maximum absolute atomic E-state index is 13.1. The van der Waals surface area contributed by atoms with Crippen LogP contribution in [0.5, 0.6) is 0 Å². The van der Waals surface area contributed by atoms with Crippen molar-refractivity contribution < 1.29 is 31.1 Å². The smallest absolute Gasteiger partial charge is 0.345 e. The van der Waals surface area contributed by atoms with E-state index in [1.165, 1.54) is 18.2 Å². The van der Waals surface area contributed by atoms with Gasteiger partial charge in [0, 0.05) is 0 Å². The van der Waals surface area contributed by atoms with Gasteiger partial charge in [-0.05, 0) is 19.1 Å². The van der Waals surface area contributed by atoms with Gasteiger partial charge in [0.1, 0.15) is 23.9 Å². The van der Waals surface area contributed by atoms with Gasteiger partial charge in [-0.3, -0.25) is 4.79 Å². The van der Waals surface area contributed by atoms with Crippen LogP contribution in [0.25, 0.3) is 0 Å². The zero-order chi connectivity index (χ0) is 20.3. The Hall–Kier alpha value is -3.52. The second-order valence-corrected chi connectivity index (χ2v) is 4.71. The summed E-state index contributed by atoms with van der Waals surface area (Å²) in [5.74, 6) is -1.23. The van der Waals surface area contributed by atoms with Crippen molar-refractivity contribution in [2.24, 2.45) is 0 Å². The molecule has 0 saturated heterocycles. The first-order valence-electron chi connectivity index (χ1n) is 6.41. The van der Waals surface area contributed by atoms with Crippen molar-refractivity contribution in [3.8, 4) is 18.2 Å². The van der Waals surface area contributed by atoms with Crippen LogP contribution >= 0.6 is 0 Å². The molecule has 0 atom stereocenters. The van der Waals surface area contributed by atoms with E-state index in [0.717, 1.165) is 0 Å². The molecule has 0 aliphatic rings. The Morgan fingerprint density at radius 1 is 0.962 bits per heavy atom. The van der Waals surface area contributed by atoms with Gasteiger partial charge in [0.25, 0.3) is 0 Å². The highest BCUT2D eigenvalue weighted by Gasteiger charge is 2.40. The van der Waals surface area contributed by atoms with Gasteiger partial charge in [0.15, 0.2) is 11.4 Å². The molecule has 0 heterocycles. The minimum absolute atomic E-state index is 0.190. The number of ketones is 1. The van der Waals surface area contributed by atoms with E-state index < -0.39 is 51.8 Å². The van der Waals surface area contributed by atoms with Crippen molar-refractivity contribution >= 4 is 11.5 Å². The Balaban J connectivity index is 3.89. The predicted molar refractivity (Wildman–Crippen MR) is 73.9 cm³/mol. The largest absolute Gasteiger partial charge is 0.417 e. The zero-order valence-electron chi connectivity index (χ0n) is 12.7. The molecule has 0 aromatic heterocycles. The number of hydrogen-bond donors (Lipinski definition) is 1. The number of nitriles is 3. The molecule has 0 fully saturated rings.